The first kappa shape index (κ1) is 23.6. The molecule has 1 amide bonds. The summed E-state index contributed by atoms with van der Waals surface area (Å²) >= 11 is 6.26. The molecule has 0 aromatic heterocycles. The van der Waals surface area contributed by atoms with Gasteiger partial charge in [-0.05, 0) is 55.3 Å². The summed E-state index contributed by atoms with van der Waals surface area (Å²) in [6.45, 7) is 4.05. The lowest BCUT2D eigenvalue weighted by atomic mass is 10.1. The molecule has 6 nitrogen and oxygen atoms in total. The predicted octanol–water partition coefficient (Wildman–Crippen LogP) is 4.35. The SMILES string of the molecule is Cc1cccc(OCCNC(=O)CN(c2ccccc2Cl)S(=O)(=O)c2ccccc2)c1C. The molecular formula is C24H25ClN2O4S. The van der Waals surface area contributed by atoms with E-state index in [4.69, 9.17) is 16.3 Å². The van der Waals surface area contributed by atoms with E-state index >= 15 is 0 Å². The summed E-state index contributed by atoms with van der Waals surface area (Å²) in [5.74, 6) is 0.289. The highest BCUT2D eigenvalue weighted by atomic mass is 35.5. The Balaban J connectivity index is 1.70. The van der Waals surface area contributed by atoms with Gasteiger partial charge in [-0.25, -0.2) is 8.42 Å². The van der Waals surface area contributed by atoms with Crippen LogP contribution in [0.4, 0.5) is 5.69 Å². The maximum Gasteiger partial charge on any atom is 0.264 e. The van der Waals surface area contributed by atoms with Gasteiger partial charge in [0, 0.05) is 0 Å². The monoisotopic (exact) mass is 472 g/mol. The van der Waals surface area contributed by atoms with Crippen molar-refractivity contribution in [2.45, 2.75) is 18.7 Å². The van der Waals surface area contributed by atoms with E-state index in [9.17, 15) is 13.2 Å². The molecule has 3 aromatic carbocycles. The largest absolute Gasteiger partial charge is 0.491 e. The summed E-state index contributed by atoms with van der Waals surface area (Å²) < 4.78 is 33.3. The van der Waals surface area contributed by atoms with Crippen molar-refractivity contribution in [1.29, 1.82) is 0 Å². The zero-order valence-corrected chi connectivity index (χ0v) is 19.5. The lowest BCUT2D eigenvalue weighted by molar-refractivity contribution is -0.119. The van der Waals surface area contributed by atoms with E-state index in [2.05, 4.69) is 5.32 Å². The number of anilines is 1. The third kappa shape index (κ3) is 5.60. The second-order valence-corrected chi connectivity index (χ2v) is 9.44. The average Bonchev–Trinajstić information content (AvgIpc) is 2.79. The van der Waals surface area contributed by atoms with E-state index in [0.717, 1.165) is 21.2 Å². The van der Waals surface area contributed by atoms with Crippen LogP contribution in [0, 0.1) is 13.8 Å². The van der Waals surface area contributed by atoms with Crippen molar-refractivity contribution < 1.29 is 17.9 Å². The van der Waals surface area contributed by atoms with E-state index in [1.165, 1.54) is 12.1 Å². The van der Waals surface area contributed by atoms with Gasteiger partial charge < -0.3 is 10.1 Å². The van der Waals surface area contributed by atoms with Crippen LogP contribution in [-0.4, -0.2) is 34.0 Å². The van der Waals surface area contributed by atoms with Crippen LogP contribution in [0.3, 0.4) is 0 Å². The number of aryl methyl sites for hydroxylation is 1. The van der Waals surface area contributed by atoms with Crippen molar-refractivity contribution in [2.24, 2.45) is 0 Å². The molecule has 0 bridgehead atoms. The number of sulfonamides is 1. The minimum atomic E-state index is -4.00. The zero-order valence-electron chi connectivity index (χ0n) is 17.9. The topological polar surface area (TPSA) is 75.7 Å². The smallest absolute Gasteiger partial charge is 0.264 e. The predicted molar refractivity (Wildman–Crippen MR) is 127 cm³/mol. The van der Waals surface area contributed by atoms with Gasteiger partial charge in [0.15, 0.2) is 0 Å². The normalized spacial score (nSPS) is 11.1. The highest BCUT2D eigenvalue weighted by molar-refractivity contribution is 7.92. The van der Waals surface area contributed by atoms with Gasteiger partial charge in [-0.15, -0.1) is 0 Å². The highest BCUT2D eigenvalue weighted by Gasteiger charge is 2.28. The van der Waals surface area contributed by atoms with E-state index in [1.807, 2.05) is 32.0 Å². The number of hydrogen-bond acceptors (Lipinski definition) is 4. The van der Waals surface area contributed by atoms with Crippen LogP contribution in [-0.2, 0) is 14.8 Å². The minimum Gasteiger partial charge on any atom is -0.491 e. The maximum atomic E-state index is 13.3. The molecule has 0 saturated carbocycles. The lowest BCUT2D eigenvalue weighted by Crippen LogP contribution is -2.42. The molecule has 0 unspecified atom stereocenters. The molecular weight excluding hydrogens is 448 g/mol. The molecule has 0 aliphatic carbocycles. The van der Waals surface area contributed by atoms with Crippen molar-refractivity contribution >= 4 is 33.2 Å². The van der Waals surface area contributed by atoms with Gasteiger partial charge in [-0.3, -0.25) is 9.10 Å². The first-order chi connectivity index (χ1) is 15.3. The maximum absolute atomic E-state index is 13.3. The van der Waals surface area contributed by atoms with E-state index in [0.29, 0.717) is 0 Å². The second kappa shape index (κ2) is 10.5. The molecule has 3 rings (SSSR count). The van der Waals surface area contributed by atoms with Gasteiger partial charge >= 0.3 is 0 Å². The molecule has 0 radical (unpaired) electrons. The van der Waals surface area contributed by atoms with Crippen LogP contribution in [0.1, 0.15) is 11.1 Å². The van der Waals surface area contributed by atoms with Gasteiger partial charge in [0.05, 0.1) is 22.2 Å². The van der Waals surface area contributed by atoms with Crippen molar-refractivity contribution in [3.63, 3.8) is 0 Å². The molecule has 0 aliphatic heterocycles. The van der Waals surface area contributed by atoms with E-state index in [1.54, 1.807) is 42.5 Å². The van der Waals surface area contributed by atoms with E-state index < -0.39 is 22.5 Å². The van der Waals surface area contributed by atoms with Crippen LogP contribution in [0.5, 0.6) is 5.75 Å². The molecule has 0 heterocycles. The number of halogens is 1. The fourth-order valence-corrected chi connectivity index (χ4v) is 4.84. The summed E-state index contributed by atoms with van der Waals surface area (Å²) in [7, 11) is -4.00. The van der Waals surface area contributed by atoms with Crippen LogP contribution in [0.2, 0.25) is 5.02 Å². The Bertz CT molecular complexity index is 1180. The Labute approximate surface area is 193 Å². The molecule has 8 heteroatoms. The molecule has 0 aliphatic rings. The number of carbonyl (C=O) groups is 1. The van der Waals surface area contributed by atoms with Crippen LogP contribution >= 0.6 is 11.6 Å². The van der Waals surface area contributed by atoms with Gasteiger partial charge in [-0.2, -0.15) is 0 Å². The first-order valence-electron chi connectivity index (χ1n) is 10.1. The average molecular weight is 473 g/mol. The number of nitrogens with zero attached hydrogens (tertiary/aromatic N) is 1. The number of nitrogens with one attached hydrogen (secondary N) is 1. The third-order valence-electron chi connectivity index (χ3n) is 4.98. The summed E-state index contributed by atoms with van der Waals surface area (Å²) in [6.07, 6.45) is 0. The standard InChI is InChI=1S/C24H25ClN2O4S/c1-18-9-8-14-23(19(18)2)31-16-15-26-24(28)17-27(22-13-7-6-12-21(22)25)32(29,30)20-10-4-3-5-11-20/h3-14H,15-17H2,1-2H3,(H,26,28). The van der Waals surface area contributed by atoms with Crippen LogP contribution in [0.25, 0.3) is 0 Å². The highest BCUT2D eigenvalue weighted by Crippen LogP contribution is 2.30. The number of benzene rings is 3. The first-order valence-corrected chi connectivity index (χ1v) is 11.9. The number of para-hydroxylation sites is 1. The molecule has 0 fully saturated rings. The number of hydrogen-bond donors (Lipinski definition) is 1. The Hall–Kier alpha value is -3.03. The second-order valence-electron chi connectivity index (χ2n) is 7.17. The molecule has 0 saturated heterocycles. The number of amides is 1. The fourth-order valence-electron chi connectivity index (χ4n) is 3.09. The number of rotatable bonds is 9. The lowest BCUT2D eigenvalue weighted by Gasteiger charge is -2.25. The Morgan fingerprint density at radius 3 is 2.38 bits per heavy atom. The van der Waals surface area contributed by atoms with Crippen molar-refractivity contribution in [2.75, 3.05) is 24.0 Å². The summed E-state index contributed by atoms with van der Waals surface area (Å²) in [5.41, 5.74) is 2.39. The van der Waals surface area contributed by atoms with Crippen molar-refractivity contribution in [1.82, 2.24) is 5.32 Å². The van der Waals surface area contributed by atoms with Gasteiger partial charge in [0.1, 0.15) is 18.9 Å². The van der Waals surface area contributed by atoms with Gasteiger partial charge in [-0.1, -0.05) is 54.1 Å². The summed E-state index contributed by atoms with van der Waals surface area (Å²) in [6, 6.07) is 20.2. The van der Waals surface area contributed by atoms with Crippen LogP contribution in [0.15, 0.2) is 77.7 Å². The Kier molecular flexibility index (Phi) is 7.77. The summed E-state index contributed by atoms with van der Waals surface area (Å²) in [5, 5.41) is 2.95. The summed E-state index contributed by atoms with van der Waals surface area (Å²) in [4.78, 5) is 12.7. The van der Waals surface area contributed by atoms with Crippen molar-refractivity contribution in [3.05, 3.63) is 88.9 Å². The fraction of sp³-hybridized carbons (Fsp3) is 0.208. The molecule has 32 heavy (non-hydrogen) atoms. The van der Waals surface area contributed by atoms with E-state index in [-0.39, 0.29) is 28.8 Å². The van der Waals surface area contributed by atoms with Crippen LogP contribution < -0.4 is 14.4 Å². The minimum absolute atomic E-state index is 0.0750. The molecule has 3 aromatic rings. The molecule has 0 atom stereocenters. The van der Waals surface area contributed by atoms with Crippen molar-refractivity contribution in [3.8, 4) is 5.75 Å². The van der Waals surface area contributed by atoms with Gasteiger partial charge in [0.25, 0.3) is 10.0 Å². The Morgan fingerprint density at radius 1 is 0.969 bits per heavy atom. The van der Waals surface area contributed by atoms with Gasteiger partial charge in [0.2, 0.25) is 5.91 Å². The zero-order chi connectivity index (χ0) is 23.1. The number of carbonyl (C=O) groups excluding carboxylic acids is 1. The molecule has 0 spiro atoms. The quantitative estimate of drug-likeness (QED) is 0.470. The number of ether oxygens (including phenoxy) is 1. The molecule has 1 N–H and O–H groups in total. The molecule has 168 valence electrons. The third-order valence-corrected chi connectivity index (χ3v) is 7.07. The Morgan fingerprint density at radius 2 is 1.66 bits per heavy atom.